The van der Waals surface area contributed by atoms with E-state index in [1.807, 2.05) is 0 Å². The molecule has 6 heteroatoms. The topological polar surface area (TPSA) is 59.9 Å². The van der Waals surface area contributed by atoms with Crippen LogP contribution in [0, 0.1) is 5.92 Å². The molecule has 0 aromatic heterocycles. The average molecular weight is 405 g/mol. The molecule has 2 aliphatic rings. The highest BCUT2D eigenvalue weighted by atomic mass is 32.2. The summed E-state index contributed by atoms with van der Waals surface area (Å²) in [5, 5.41) is 16.2. The van der Waals surface area contributed by atoms with Crippen molar-refractivity contribution in [1.29, 1.82) is 0 Å². The number of aliphatic imine (C=N–C) groups is 1. The minimum absolute atomic E-state index is 0.324. The maximum atomic E-state index is 9.30. The Morgan fingerprint density at radius 2 is 2.00 bits per heavy atom. The van der Waals surface area contributed by atoms with Crippen LogP contribution in [0.2, 0.25) is 0 Å². The molecule has 0 aliphatic carbocycles. The summed E-state index contributed by atoms with van der Waals surface area (Å²) in [7, 11) is 0. The van der Waals surface area contributed by atoms with E-state index in [4.69, 9.17) is 4.99 Å². The molecule has 0 radical (unpaired) electrons. The van der Waals surface area contributed by atoms with Gasteiger partial charge in [-0.3, -0.25) is 0 Å². The predicted octanol–water partition coefficient (Wildman–Crippen LogP) is 3.24. The van der Waals surface area contributed by atoms with Gasteiger partial charge in [0.2, 0.25) is 0 Å². The van der Waals surface area contributed by atoms with Gasteiger partial charge in [-0.05, 0) is 68.9 Å². The van der Waals surface area contributed by atoms with Gasteiger partial charge in [0, 0.05) is 43.2 Å². The van der Waals surface area contributed by atoms with Crippen LogP contribution >= 0.6 is 11.8 Å². The summed E-state index contributed by atoms with van der Waals surface area (Å²) in [6.07, 6.45) is 4.76. The van der Waals surface area contributed by atoms with Gasteiger partial charge in [-0.25, -0.2) is 4.99 Å². The van der Waals surface area contributed by atoms with Crippen LogP contribution in [0.4, 0.5) is 5.69 Å². The van der Waals surface area contributed by atoms with Gasteiger partial charge in [0.1, 0.15) is 0 Å². The van der Waals surface area contributed by atoms with Crippen molar-refractivity contribution < 1.29 is 5.11 Å². The molecule has 1 unspecified atom stereocenters. The molecule has 1 aromatic rings. The van der Waals surface area contributed by atoms with E-state index < -0.39 is 0 Å². The van der Waals surface area contributed by atoms with E-state index in [9.17, 15) is 5.11 Å². The van der Waals surface area contributed by atoms with Gasteiger partial charge in [-0.15, -0.1) is 0 Å². The van der Waals surface area contributed by atoms with Crippen LogP contribution < -0.4 is 15.5 Å². The van der Waals surface area contributed by atoms with Crippen molar-refractivity contribution >= 4 is 23.4 Å². The number of thioether (sulfide) groups is 1. The van der Waals surface area contributed by atoms with Crippen molar-refractivity contribution in [2.45, 2.75) is 50.8 Å². The zero-order valence-corrected chi connectivity index (χ0v) is 18.2. The lowest BCUT2D eigenvalue weighted by atomic mass is 9.97. The molecule has 2 heterocycles. The number of nitrogens with one attached hydrogen (secondary N) is 2. The minimum Gasteiger partial charge on any atom is -0.396 e. The first-order valence-corrected chi connectivity index (χ1v) is 11.7. The van der Waals surface area contributed by atoms with Crippen molar-refractivity contribution in [2.75, 3.05) is 43.4 Å². The third-order valence-corrected chi connectivity index (χ3v) is 7.41. The molecule has 28 heavy (non-hydrogen) atoms. The molecule has 0 bridgehead atoms. The highest BCUT2D eigenvalue weighted by molar-refractivity contribution is 8.00. The summed E-state index contributed by atoms with van der Waals surface area (Å²) < 4.78 is 0.335. The largest absolute Gasteiger partial charge is 0.396 e. The lowest BCUT2D eigenvalue weighted by Crippen LogP contribution is -2.43. The number of hydrogen-bond acceptors (Lipinski definition) is 4. The second-order valence-electron chi connectivity index (χ2n) is 8.23. The molecule has 0 saturated carbocycles. The van der Waals surface area contributed by atoms with E-state index >= 15 is 0 Å². The van der Waals surface area contributed by atoms with Crippen molar-refractivity contribution in [3.63, 3.8) is 0 Å². The first-order valence-electron chi connectivity index (χ1n) is 10.7. The zero-order valence-electron chi connectivity index (χ0n) is 17.4. The summed E-state index contributed by atoms with van der Waals surface area (Å²) in [6.45, 7) is 9.38. The van der Waals surface area contributed by atoms with Gasteiger partial charge in [-0.1, -0.05) is 12.1 Å². The fourth-order valence-corrected chi connectivity index (χ4v) is 5.19. The predicted molar refractivity (Wildman–Crippen MR) is 121 cm³/mol. The molecule has 0 amide bonds. The van der Waals surface area contributed by atoms with Crippen LogP contribution in [0.15, 0.2) is 29.3 Å². The molecule has 156 valence electrons. The number of aliphatic hydroxyl groups is 1. The Kier molecular flexibility index (Phi) is 7.91. The zero-order chi connectivity index (χ0) is 19.8. The summed E-state index contributed by atoms with van der Waals surface area (Å²) in [4.78, 5) is 7.20. The van der Waals surface area contributed by atoms with E-state index in [1.165, 1.54) is 29.8 Å². The maximum absolute atomic E-state index is 9.30. The average Bonchev–Trinajstić information content (AvgIpc) is 3.17. The molecule has 3 rings (SSSR count). The molecule has 3 N–H and O–H groups in total. The number of anilines is 1. The SMILES string of the molecule is CCNC(=NCc1ccc(N2CCC(CO)CC2)cc1)NCC1(C)CCCS1. The van der Waals surface area contributed by atoms with Crippen molar-refractivity contribution in [3.05, 3.63) is 29.8 Å². The second-order valence-corrected chi connectivity index (χ2v) is 9.91. The Labute approximate surface area is 174 Å². The molecule has 2 fully saturated rings. The van der Waals surface area contributed by atoms with Crippen LogP contribution in [0.5, 0.6) is 0 Å². The Morgan fingerprint density at radius 1 is 1.25 bits per heavy atom. The lowest BCUT2D eigenvalue weighted by Gasteiger charge is -2.32. The number of piperidine rings is 1. The Hall–Kier alpha value is -1.40. The molecule has 0 spiro atoms. The van der Waals surface area contributed by atoms with Gasteiger partial charge < -0.3 is 20.6 Å². The van der Waals surface area contributed by atoms with Crippen molar-refractivity contribution in [2.24, 2.45) is 10.9 Å². The fraction of sp³-hybridized carbons (Fsp3) is 0.682. The lowest BCUT2D eigenvalue weighted by molar-refractivity contribution is 0.203. The van der Waals surface area contributed by atoms with Gasteiger partial charge in [0.05, 0.1) is 6.54 Å². The first-order chi connectivity index (χ1) is 13.6. The van der Waals surface area contributed by atoms with Crippen LogP contribution in [0.3, 0.4) is 0 Å². The third kappa shape index (κ3) is 6.05. The van der Waals surface area contributed by atoms with E-state index in [-0.39, 0.29) is 0 Å². The smallest absolute Gasteiger partial charge is 0.191 e. The number of benzene rings is 1. The van der Waals surface area contributed by atoms with Crippen LogP contribution in [0.1, 0.15) is 45.1 Å². The van der Waals surface area contributed by atoms with E-state index in [1.54, 1.807) is 0 Å². The van der Waals surface area contributed by atoms with E-state index in [2.05, 4.69) is 65.4 Å². The van der Waals surface area contributed by atoms with E-state index in [0.717, 1.165) is 45.0 Å². The van der Waals surface area contributed by atoms with Gasteiger partial charge >= 0.3 is 0 Å². The second kappa shape index (κ2) is 10.4. The number of guanidine groups is 1. The Bertz CT molecular complexity index is 620. The van der Waals surface area contributed by atoms with Gasteiger partial charge in [0.15, 0.2) is 5.96 Å². The molecule has 1 atom stereocenters. The normalized spacial score (nSPS) is 23.8. The standard InChI is InChI=1S/C22H36N4OS/c1-3-23-21(25-17-22(2)11-4-14-28-22)24-15-18-5-7-20(8-6-18)26-12-9-19(16-27)10-13-26/h5-8,19,27H,3-4,9-17H2,1-2H3,(H2,23,24,25). The van der Waals surface area contributed by atoms with Crippen LogP contribution in [-0.4, -0.2) is 54.4 Å². The van der Waals surface area contributed by atoms with Crippen LogP contribution in [-0.2, 0) is 6.54 Å². The summed E-state index contributed by atoms with van der Waals surface area (Å²) in [5.74, 6) is 2.66. The highest BCUT2D eigenvalue weighted by Gasteiger charge is 2.29. The van der Waals surface area contributed by atoms with Crippen molar-refractivity contribution in [3.8, 4) is 0 Å². The summed E-state index contributed by atoms with van der Waals surface area (Å²) >= 11 is 2.07. The summed E-state index contributed by atoms with van der Waals surface area (Å²) in [5.41, 5.74) is 2.51. The quantitative estimate of drug-likeness (QED) is 0.481. The minimum atomic E-state index is 0.324. The molecule has 2 saturated heterocycles. The fourth-order valence-electron chi connectivity index (χ4n) is 3.94. The Morgan fingerprint density at radius 3 is 2.61 bits per heavy atom. The Balaban J connectivity index is 1.52. The first kappa shape index (κ1) is 21.3. The highest BCUT2D eigenvalue weighted by Crippen LogP contribution is 2.36. The molecule has 5 nitrogen and oxygen atoms in total. The summed E-state index contributed by atoms with van der Waals surface area (Å²) in [6, 6.07) is 8.80. The van der Waals surface area contributed by atoms with Crippen LogP contribution in [0.25, 0.3) is 0 Å². The number of aliphatic hydroxyl groups excluding tert-OH is 1. The van der Waals surface area contributed by atoms with Gasteiger partial charge in [0.25, 0.3) is 0 Å². The molecule has 2 aliphatic heterocycles. The maximum Gasteiger partial charge on any atom is 0.191 e. The number of nitrogens with zero attached hydrogens (tertiary/aromatic N) is 2. The molecule has 1 aromatic carbocycles. The van der Waals surface area contributed by atoms with Gasteiger partial charge in [-0.2, -0.15) is 11.8 Å². The van der Waals surface area contributed by atoms with Crippen molar-refractivity contribution in [1.82, 2.24) is 10.6 Å². The molecular formula is C22H36N4OS. The number of hydrogen-bond donors (Lipinski definition) is 3. The molecular weight excluding hydrogens is 368 g/mol. The van der Waals surface area contributed by atoms with E-state index in [0.29, 0.717) is 23.8 Å². The third-order valence-electron chi connectivity index (χ3n) is 5.87. The number of rotatable bonds is 7. The monoisotopic (exact) mass is 404 g/mol.